The van der Waals surface area contributed by atoms with Gasteiger partial charge in [0.25, 0.3) is 0 Å². The van der Waals surface area contributed by atoms with Crippen LogP contribution >= 0.6 is 11.6 Å². The molecular formula is C12H16ClNO. The molecule has 1 atom stereocenters. The lowest BCUT2D eigenvalue weighted by molar-refractivity contribution is 0.0198. The Bertz CT molecular complexity index is 323. The van der Waals surface area contributed by atoms with Crippen LogP contribution in [0.2, 0.25) is 5.02 Å². The van der Waals surface area contributed by atoms with Gasteiger partial charge in [0.1, 0.15) is 0 Å². The Morgan fingerprint density at radius 3 is 2.73 bits per heavy atom. The summed E-state index contributed by atoms with van der Waals surface area (Å²) in [5.74, 6) is 0. The molecule has 0 radical (unpaired) electrons. The highest BCUT2D eigenvalue weighted by Gasteiger charge is 2.18. The third kappa shape index (κ3) is 2.71. The van der Waals surface area contributed by atoms with Crippen LogP contribution in [-0.2, 0) is 4.74 Å². The maximum absolute atomic E-state index is 5.98. The van der Waals surface area contributed by atoms with Crippen LogP contribution in [-0.4, -0.2) is 31.2 Å². The van der Waals surface area contributed by atoms with Gasteiger partial charge >= 0.3 is 0 Å². The second-order valence-electron chi connectivity index (χ2n) is 3.88. The molecule has 82 valence electrons. The van der Waals surface area contributed by atoms with Gasteiger partial charge in [-0.15, -0.1) is 0 Å². The number of hydrogen-bond acceptors (Lipinski definition) is 2. The maximum Gasteiger partial charge on any atom is 0.0594 e. The van der Waals surface area contributed by atoms with Crippen molar-refractivity contribution in [3.8, 4) is 0 Å². The van der Waals surface area contributed by atoms with Crippen LogP contribution in [0.15, 0.2) is 24.3 Å². The summed E-state index contributed by atoms with van der Waals surface area (Å²) in [7, 11) is 0. The van der Waals surface area contributed by atoms with Crippen LogP contribution < -0.4 is 0 Å². The first-order chi connectivity index (χ1) is 7.27. The summed E-state index contributed by atoms with van der Waals surface area (Å²) in [6.45, 7) is 5.91. The summed E-state index contributed by atoms with van der Waals surface area (Å²) in [6, 6.07) is 8.52. The molecule has 0 bridgehead atoms. The van der Waals surface area contributed by atoms with E-state index in [1.54, 1.807) is 0 Å². The first-order valence-corrected chi connectivity index (χ1v) is 5.72. The average molecular weight is 226 g/mol. The fraction of sp³-hybridized carbons (Fsp3) is 0.500. The van der Waals surface area contributed by atoms with Crippen molar-refractivity contribution in [2.24, 2.45) is 0 Å². The highest BCUT2D eigenvalue weighted by atomic mass is 35.5. The molecule has 2 rings (SSSR count). The molecule has 1 unspecified atom stereocenters. The summed E-state index contributed by atoms with van der Waals surface area (Å²) in [6.07, 6.45) is 0. The van der Waals surface area contributed by atoms with Crippen molar-refractivity contribution in [2.75, 3.05) is 26.3 Å². The maximum atomic E-state index is 5.98. The van der Waals surface area contributed by atoms with E-state index in [-0.39, 0.29) is 0 Å². The van der Waals surface area contributed by atoms with E-state index in [1.807, 2.05) is 18.2 Å². The normalized spacial score (nSPS) is 20.1. The van der Waals surface area contributed by atoms with Gasteiger partial charge in [0.05, 0.1) is 13.2 Å². The average Bonchev–Trinajstić information content (AvgIpc) is 2.29. The number of morpholine rings is 1. The van der Waals surface area contributed by atoms with Crippen molar-refractivity contribution in [1.29, 1.82) is 0 Å². The summed E-state index contributed by atoms with van der Waals surface area (Å²) < 4.78 is 5.34. The monoisotopic (exact) mass is 225 g/mol. The Balaban J connectivity index is 2.08. The van der Waals surface area contributed by atoms with E-state index in [1.165, 1.54) is 5.56 Å². The SMILES string of the molecule is CC(c1cccc(Cl)c1)N1CCOCC1. The lowest BCUT2D eigenvalue weighted by atomic mass is 10.1. The van der Waals surface area contributed by atoms with Gasteiger partial charge in [-0.05, 0) is 24.6 Å². The van der Waals surface area contributed by atoms with E-state index in [0.29, 0.717) is 6.04 Å². The third-order valence-corrected chi connectivity index (χ3v) is 3.16. The second kappa shape index (κ2) is 4.97. The highest BCUT2D eigenvalue weighted by Crippen LogP contribution is 2.23. The summed E-state index contributed by atoms with van der Waals surface area (Å²) in [4.78, 5) is 2.43. The molecule has 1 aromatic carbocycles. The van der Waals surface area contributed by atoms with Crippen LogP contribution in [0.1, 0.15) is 18.5 Å². The van der Waals surface area contributed by atoms with Gasteiger partial charge in [0.2, 0.25) is 0 Å². The molecule has 1 aliphatic rings. The molecule has 1 aromatic rings. The number of halogens is 1. The molecule has 3 heteroatoms. The Labute approximate surface area is 95.8 Å². The standard InChI is InChI=1S/C12H16ClNO/c1-10(14-5-7-15-8-6-14)11-3-2-4-12(13)9-11/h2-4,9-10H,5-8H2,1H3. The molecule has 0 aromatic heterocycles. The topological polar surface area (TPSA) is 12.5 Å². The molecule has 1 fully saturated rings. The molecule has 0 amide bonds. The van der Waals surface area contributed by atoms with E-state index < -0.39 is 0 Å². The molecule has 1 saturated heterocycles. The Hall–Kier alpha value is -0.570. The lowest BCUT2D eigenvalue weighted by Gasteiger charge is -2.32. The van der Waals surface area contributed by atoms with Crippen molar-refractivity contribution >= 4 is 11.6 Å². The van der Waals surface area contributed by atoms with E-state index in [4.69, 9.17) is 16.3 Å². The van der Waals surface area contributed by atoms with Crippen LogP contribution in [0, 0.1) is 0 Å². The number of benzene rings is 1. The number of hydrogen-bond donors (Lipinski definition) is 0. The van der Waals surface area contributed by atoms with Crippen molar-refractivity contribution < 1.29 is 4.74 Å². The number of ether oxygens (including phenoxy) is 1. The lowest BCUT2D eigenvalue weighted by Crippen LogP contribution is -2.37. The van der Waals surface area contributed by atoms with Crippen molar-refractivity contribution in [1.82, 2.24) is 4.90 Å². The van der Waals surface area contributed by atoms with Gasteiger partial charge in [-0.2, -0.15) is 0 Å². The van der Waals surface area contributed by atoms with Crippen LogP contribution in [0.25, 0.3) is 0 Å². The quantitative estimate of drug-likeness (QED) is 0.768. The zero-order valence-corrected chi connectivity index (χ0v) is 9.70. The van der Waals surface area contributed by atoms with Gasteiger partial charge in [0.15, 0.2) is 0 Å². The summed E-state index contributed by atoms with van der Waals surface area (Å²) in [5.41, 5.74) is 1.28. The van der Waals surface area contributed by atoms with Gasteiger partial charge < -0.3 is 4.74 Å². The van der Waals surface area contributed by atoms with Crippen LogP contribution in [0.5, 0.6) is 0 Å². The van der Waals surface area contributed by atoms with E-state index in [0.717, 1.165) is 31.3 Å². The third-order valence-electron chi connectivity index (χ3n) is 2.92. The molecule has 0 N–H and O–H groups in total. The van der Waals surface area contributed by atoms with Crippen molar-refractivity contribution in [3.05, 3.63) is 34.9 Å². The Morgan fingerprint density at radius 2 is 2.07 bits per heavy atom. The van der Waals surface area contributed by atoms with Crippen molar-refractivity contribution in [2.45, 2.75) is 13.0 Å². The summed E-state index contributed by atoms with van der Waals surface area (Å²) >= 11 is 5.98. The molecule has 15 heavy (non-hydrogen) atoms. The first-order valence-electron chi connectivity index (χ1n) is 5.34. The molecule has 1 heterocycles. The smallest absolute Gasteiger partial charge is 0.0594 e. The van der Waals surface area contributed by atoms with Crippen LogP contribution in [0.4, 0.5) is 0 Å². The molecule has 0 saturated carbocycles. The van der Waals surface area contributed by atoms with Gasteiger partial charge in [0, 0.05) is 24.2 Å². The van der Waals surface area contributed by atoms with Gasteiger partial charge in [-0.1, -0.05) is 23.7 Å². The predicted octanol–water partition coefficient (Wildman–Crippen LogP) is 2.73. The van der Waals surface area contributed by atoms with E-state index in [9.17, 15) is 0 Å². The Kier molecular flexibility index (Phi) is 3.62. The van der Waals surface area contributed by atoms with Crippen molar-refractivity contribution in [3.63, 3.8) is 0 Å². The molecule has 0 spiro atoms. The molecule has 2 nitrogen and oxygen atoms in total. The minimum absolute atomic E-state index is 0.424. The van der Waals surface area contributed by atoms with Crippen LogP contribution in [0.3, 0.4) is 0 Å². The first kappa shape index (κ1) is 10.9. The second-order valence-corrected chi connectivity index (χ2v) is 4.32. The van der Waals surface area contributed by atoms with Gasteiger partial charge in [-0.25, -0.2) is 0 Å². The Morgan fingerprint density at radius 1 is 1.33 bits per heavy atom. The minimum Gasteiger partial charge on any atom is -0.379 e. The fourth-order valence-electron chi connectivity index (χ4n) is 1.94. The van der Waals surface area contributed by atoms with Gasteiger partial charge in [-0.3, -0.25) is 4.90 Å². The van der Waals surface area contributed by atoms with E-state index in [2.05, 4.69) is 17.9 Å². The van der Waals surface area contributed by atoms with E-state index >= 15 is 0 Å². The minimum atomic E-state index is 0.424. The highest BCUT2D eigenvalue weighted by molar-refractivity contribution is 6.30. The summed E-state index contributed by atoms with van der Waals surface area (Å²) in [5, 5.41) is 0.813. The molecule has 0 aliphatic carbocycles. The zero-order valence-electron chi connectivity index (χ0n) is 8.95. The number of nitrogens with zero attached hydrogens (tertiary/aromatic N) is 1. The molecular weight excluding hydrogens is 210 g/mol. The zero-order chi connectivity index (χ0) is 10.7. The molecule has 1 aliphatic heterocycles. The predicted molar refractivity (Wildman–Crippen MR) is 62.3 cm³/mol. The largest absolute Gasteiger partial charge is 0.379 e. The number of rotatable bonds is 2. The fourth-order valence-corrected chi connectivity index (χ4v) is 2.14.